The Kier molecular flexibility index (Phi) is 2.04. The Morgan fingerprint density at radius 3 is 3.29 bits per heavy atom. The molecule has 2 heterocycles. The molecule has 0 saturated carbocycles. The number of benzene rings is 1. The molecular weight excluding hydrogens is 235 g/mol. The molecule has 1 saturated heterocycles. The van der Waals surface area contributed by atoms with Crippen LogP contribution in [0.1, 0.15) is 23.6 Å². The molecule has 0 aromatic heterocycles. The molecule has 3 aliphatic rings. The van der Waals surface area contributed by atoms with Gasteiger partial charge in [0.1, 0.15) is 5.82 Å². The van der Waals surface area contributed by atoms with Gasteiger partial charge in [0.05, 0.1) is 12.1 Å². The fraction of sp³-hybridized carbons (Fsp3) is 0.462. The Morgan fingerprint density at radius 1 is 1.41 bits per heavy atom. The average molecular weight is 248 g/mol. The topological polar surface area (TPSA) is 15.6 Å². The second-order valence-electron chi connectivity index (χ2n) is 4.85. The maximum atomic E-state index is 13.3. The molecule has 17 heavy (non-hydrogen) atoms. The summed E-state index contributed by atoms with van der Waals surface area (Å²) in [7, 11) is 0. The van der Waals surface area contributed by atoms with E-state index in [1.54, 1.807) is 12.1 Å². The largest absolute Gasteiger partial charge is 0.341 e. The average Bonchev–Trinajstić information content (AvgIpc) is 2.88. The summed E-state index contributed by atoms with van der Waals surface area (Å²) >= 11 is 1.86. The Bertz CT molecular complexity index is 514. The normalized spacial score (nSPS) is 29.7. The molecule has 4 rings (SSSR count). The number of nitrogens with zero attached hydrogens (tertiary/aromatic N) is 2. The molecule has 0 amide bonds. The van der Waals surface area contributed by atoms with Crippen LogP contribution in [0.4, 0.5) is 4.39 Å². The highest BCUT2D eigenvalue weighted by Gasteiger charge is 2.42. The maximum Gasteiger partial charge on any atom is 0.160 e. The molecule has 2 atom stereocenters. The van der Waals surface area contributed by atoms with Crippen LogP contribution in [0.3, 0.4) is 0 Å². The summed E-state index contributed by atoms with van der Waals surface area (Å²) in [5, 5.41) is 1.21. The highest BCUT2D eigenvalue weighted by atomic mass is 32.2. The summed E-state index contributed by atoms with van der Waals surface area (Å²) in [5.74, 6) is 1.02. The number of amidine groups is 1. The minimum Gasteiger partial charge on any atom is -0.341 e. The monoisotopic (exact) mass is 248 g/mol. The van der Waals surface area contributed by atoms with E-state index in [0.29, 0.717) is 12.1 Å². The molecule has 1 fully saturated rings. The Balaban J connectivity index is 1.81. The maximum absolute atomic E-state index is 13.3. The molecule has 0 radical (unpaired) electrons. The van der Waals surface area contributed by atoms with E-state index in [2.05, 4.69) is 4.90 Å². The van der Waals surface area contributed by atoms with Crippen LogP contribution in [-0.4, -0.2) is 28.4 Å². The first-order chi connectivity index (χ1) is 8.33. The van der Waals surface area contributed by atoms with Crippen molar-refractivity contribution in [3.63, 3.8) is 0 Å². The molecule has 1 aromatic rings. The Morgan fingerprint density at radius 2 is 2.35 bits per heavy atom. The van der Waals surface area contributed by atoms with E-state index in [4.69, 9.17) is 4.99 Å². The molecule has 2 unspecified atom stereocenters. The summed E-state index contributed by atoms with van der Waals surface area (Å²) in [6.07, 6.45) is 2.02. The lowest BCUT2D eigenvalue weighted by Gasteiger charge is -2.32. The zero-order valence-corrected chi connectivity index (χ0v) is 10.2. The van der Waals surface area contributed by atoms with E-state index in [9.17, 15) is 4.39 Å². The van der Waals surface area contributed by atoms with Crippen molar-refractivity contribution in [2.45, 2.75) is 24.9 Å². The third-order valence-corrected chi connectivity index (χ3v) is 4.90. The van der Waals surface area contributed by atoms with Gasteiger partial charge in [0, 0.05) is 12.3 Å². The van der Waals surface area contributed by atoms with E-state index in [1.807, 2.05) is 17.8 Å². The van der Waals surface area contributed by atoms with E-state index in [1.165, 1.54) is 16.3 Å². The van der Waals surface area contributed by atoms with E-state index < -0.39 is 0 Å². The molecule has 1 aromatic carbocycles. The van der Waals surface area contributed by atoms with E-state index in [-0.39, 0.29) is 5.82 Å². The van der Waals surface area contributed by atoms with Crippen LogP contribution in [0.15, 0.2) is 23.2 Å². The molecule has 88 valence electrons. The Labute approximate surface area is 104 Å². The van der Waals surface area contributed by atoms with Gasteiger partial charge in [-0.15, -0.1) is 0 Å². The van der Waals surface area contributed by atoms with Gasteiger partial charge in [-0.25, -0.2) is 4.39 Å². The van der Waals surface area contributed by atoms with Crippen molar-refractivity contribution in [1.82, 2.24) is 4.90 Å². The lowest BCUT2D eigenvalue weighted by atomic mass is 9.84. The molecule has 2 nitrogen and oxygen atoms in total. The van der Waals surface area contributed by atoms with Crippen molar-refractivity contribution in [3.05, 3.63) is 35.1 Å². The number of rotatable bonds is 0. The number of fused-ring (bicyclic) bond motifs is 5. The first-order valence-corrected chi connectivity index (χ1v) is 7.07. The first kappa shape index (κ1) is 9.95. The smallest absolute Gasteiger partial charge is 0.160 e. The van der Waals surface area contributed by atoms with Gasteiger partial charge in [-0.1, -0.05) is 17.8 Å². The highest BCUT2D eigenvalue weighted by Crippen LogP contribution is 2.44. The van der Waals surface area contributed by atoms with Crippen molar-refractivity contribution in [2.24, 2.45) is 4.99 Å². The number of halogens is 1. The van der Waals surface area contributed by atoms with Gasteiger partial charge < -0.3 is 4.90 Å². The lowest BCUT2D eigenvalue weighted by molar-refractivity contribution is 0.308. The number of aliphatic imine (C=N–C) groups is 1. The molecule has 0 N–H and O–H groups in total. The lowest BCUT2D eigenvalue weighted by Crippen LogP contribution is -2.33. The molecule has 4 heteroatoms. The molecule has 0 bridgehead atoms. The van der Waals surface area contributed by atoms with Crippen LogP contribution in [0.25, 0.3) is 0 Å². The Hall–Kier alpha value is -1.03. The summed E-state index contributed by atoms with van der Waals surface area (Å²) < 4.78 is 13.3. The predicted molar refractivity (Wildman–Crippen MR) is 67.8 cm³/mol. The minimum atomic E-state index is -0.114. The minimum absolute atomic E-state index is 0.114. The molecule has 2 aliphatic heterocycles. The SMILES string of the molecule is Fc1ccc2c(c1)CCC1N=C3SCCN3C21. The summed E-state index contributed by atoms with van der Waals surface area (Å²) in [4.78, 5) is 7.21. The van der Waals surface area contributed by atoms with Gasteiger partial charge in [-0.05, 0) is 36.1 Å². The molecular formula is C13H13FN2S. The van der Waals surface area contributed by atoms with Gasteiger partial charge in [-0.3, -0.25) is 4.99 Å². The van der Waals surface area contributed by atoms with E-state index >= 15 is 0 Å². The third kappa shape index (κ3) is 1.36. The van der Waals surface area contributed by atoms with Gasteiger partial charge in [-0.2, -0.15) is 0 Å². The highest BCUT2D eigenvalue weighted by molar-refractivity contribution is 8.14. The fourth-order valence-corrected chi connectivity index (χ4v) is 4.23. The predicted octanol–water partition coefficient (Wildman–Crippen LogP) is 2.60. The van der Waals surface area contributed by atoms with Crippen molar-refractivity contribution in [2.75, 3.05) is 12.3 Å². The second-order valence-corrected chi connectivity index (χ2v) is 5.91. The van der Waals surface area contributed by atoms with Crippen LogP contribution in [0.5, 0.6) is 0 Å². The van der Waals surface area contributed by atoms with Gasteiger partial charge >= 0.3 is 0 Å². The number of hydrogen-bond acceptors (Lipinski definition) is 3. The van der Waals surface area contributed by atoms with Crippen LogP contribution < -0.4 is 0 Å². The standard InChI is InChI=1S/C13H13FN2S/c14-9-2-3-10-8(7-9)1-4-11-12(10)16-5-6-17-13(16)15-11/h2-3,7,11-12H,1,4-6H2. The van der Waals surface area contributed by atoms with Crippen LogP contribution in [0, 0.1) is 5.82 Å². The van der Waals surface area contributed by atoms with Crippen LogP contribution in [-0.2, 0) is 6.42 Å². The van der Waals surface area contributed by atoms with Crippen LogP contribution in [0.2, 0.25) is 0 Å². The van der Waals surface area contributed by atoms with Gasteiger partial charge in [0.2, 0.25) is 0 Å². The summed E-state index contributed by atoms with van der Waals surface area (Å²) in [6.45, 7) is 1.08. The summed E-state index contributed by atoms with van der Waals surface area (Å²) in [6, 6.07) is 6.03. The molecule has 0 spiro atoms. The number of hydrogen-bond donors (Lipinski definition) is 0. The summed E-state index contributed by atoms with van der Waals surface area (Å²) in [5.41, 5.74) is 2.48. The first-order valence-electron chi connectivity index (χ1n) is 6.08. The van der Waals surface area contributed by atoms with Gasteiger partial charge in [0.15, 0.2) is 5.17 Å². The quantitative estimate of drug-likeness (QED) is 0.701. The van der Waals surface area contributed by atoms with Crippen molar-refractivity contribution < 1.29 is 4.39 Å². The third-order valence-electron chi connectivity index (χ3n) is 3.92. The zero-order chi connectivity index (χ0) is 11.4. The van der Waals surface area contributed by atoms with Crippen molar-refractivity contribution in [3.8, 4) is 0 Å². The zero-order valence-electron chi connectivity index (χ0n) is 9.40. The van der Waals surface area contributed by atoms with Crippen molar-refractivity contribution in [1.29, 1.82) is 0 Å². The second kappa shape index (κ2) is 3.48. The van der Waals surface area contributed by atoms with Crippen molar-refractivity contribution >= 4 is 16.9 Å². The van der Waals surface area contributed by atoms with Crippen LogP contribution >= 0.6 is 11.8 Å². The fourth-order valence-electron chi connectivity index (χ4n) is 3.18. The van der Waals surface area contributed by atoms with Gasteiger partial charge in [0.25, 0.3) is 0 Å². The molecule has 1 aliphatic carbocycles. The van der Waals surface area contributed by atoms with E-state index in [0.717, 1.165) is 25.1 Å². The number of aryl methyl sites for hydroxylation is 1. The number of thioether (sulfide) groups is 1.